The van der Waals surface area contributed by atoms with Crippen LogP contribution in [0.3, 0.4) is 0 Å². The lowest BCUT2D eigenvalue weighted by atomic mass is 10.2. The number of imidazole rings is 2. The van der Waals surface area contributed by atoms with Crippen molar-refractivity contribution in [2.24, 2.45) is 7.05 Å². The van der Waals surface area contributed by atoms with Gasteiger partial charge in [0.2, 0.25) is 5.78 Å². The highest BCUT2D eigenvalue weighted by Gasteiger charge is 2.21. The third-order valence-electron chi connectivity index (χ3n) is 4.84. The highest BCUT2D eigenvalue weighted by molar-refractivity contribution is 6.30. The van der Waals surface area contributed by atoms with Gasteiger partial charge in [0.25, 0.3) is 5.56 Å². The quantitative estimate of drug-likeness (QED) is 0.544. The first-order valence-electron chi connectivity index (χ1n) is 8.73. The van der Waals surface area contributed by atoms with Crippen molar-refractivity contribution in [2.75, 3.05) is 0 Å². The first-order chi connectivity index (χ1) is 12.8. The molecule has 0 unspecified atom stereocenters. The molecule has 0 amide bonds. The molecule has 4 aromatic rings. The van der Waals surface area contributed by atoms with Gasteiger partial charge in [-0.2, -0.15) is 4.98 Å². The standard InChI is InChI=1S/C19H20ClN5O2/c1-11(2)25-12(3)9-23-15-16(21-18(23)25)22(4)19(27)24(17(15)26)10-13-5-7-14(20)8-6-13/h5-9,11H,10H2,1-4H3. The molecular formula is C19H20ClN5O2. The molecule has 0 saturated carbocycles. The van der Waals surface area contributed by atoms with Crippen molar-refractivity contribution >= 4 is 28.5 Å². The van der Waals surface area contributed by atoms with Crippen molar-refractivity contribution in [3.05, 3.63) is 67.6 Å². The maximum absolute atomic E-state index is 13.2. The van der Waals surface area contributed by atoms with Crippen LogP contribution < -0.4 is 11.2 Å². The van der Waals surface area contributed by atoms with Crippen molar-refractivity contribution in [1.82, 2.24) is 23.1 Å². The van der Waals surface area contributed by atoms with E-state index in [-0.39, 0.29) is 18.1 Å². The Labute approximate surface area is 160 Å². The maximum Gasteiger partial charge on any atom is 0.332 e. The minimum absolute atomic E-state index is 0.176. The molecule has 0 bridgehead atoms. The van der Waals surface area contributed by atoms with Crippen molar-refractivity contribution in [1.29, 1.82) is 0 Å². The summed E-state index contributed by atoms with van der Waals surface area (Å²) in [6.45, 7) is 6.28. The Morgan fingerprint density at radius 3 is 2.44 bits per heavy atom. The van der Waals surface area contributed by atoms with Gasteiger partial charge in [-0.25, -0.2) is 4.79 Å². The van der Waals surface area contributed by atoms with Crippen LogP contribution in [-0.2, 0) is 13.6 Å². The van der Waals surface area contributed by atoms with Gasteiger partial charge in [0.05, 0.1) is 6.54 Å². The average Bonchev–Trinajstić information content (AvgIpc) is 3.12. The molecule has 0 aliphatic heterocycles. The number of fused-ring (bicyclic) bond motifs is 3. The SMILES string of the molecule is Cc1cn2c3c(=O)n(Cc4ccc(Cl)cc4)c(=O)n(C)c3nc2n1C(C)C. The largest absolute Gasteiger partial charge is 0.332 e. The van der Waals surface area contributed by atoms with E-state index in [1.165, 1.54) is 9.13 Å². The second kappa shape index (κ2) is 6.13. The zero-order chi connectivity index (χ0) is 19.5. The second-order valence-corrected chi connectivity index (χ2v) is 7.48. The van der Waals surface area contributed by atoms with Gasteiger partial charge in [0.1, 0.15) is 0 Å². The van der Waals surface area contributed by atoms with E-state index < -0.39 is 5.69 Å². The normalized spacial score (nSPS) is 11.9. The van der Waals surface area contributed by atoms with Gasteiger partial charge in [-0.05, 0) is 38.5 Å². The molecule has 0 radical (unpaired) electrons. The first kappa shape index (κ1) is 17.6. The van der Waals surface area contributed by atoms with Gasteiger partial charge in [0.15, 0.2) is 11.2 Å². The number of aromatic nitrogens is 5. The molecule has 0 aliphatic carbocycles. The van der Waals surface area contributed by atoms with Gasteiger partial charge in [-0.3, -0.25) is 18.3 Å². The number of aryl methyl sites for hydroxylation is 2. The summed E-state index contributed by atoms with van der Waals surface area (Å²) in [6, 6.07) is 7.29. The lowest BCUT2D eigenvalue weighted by Gasteiger charge is -2.09. The fourth-order valence-corrected chi connectivity index (χ4v) is 3.70. The van der Waals surface area contributed by atoms with E-state index in [9.17, 15) is 9.59 Å². The third kappa shape index (κ3) is 2.61. The Kier molecular flexibility index (Phi) is 3.99. The van der Waals surface area contributed by atoms with E-state index >= 15 is 0 Å². The Hall–Kier alpha value is -2.80. The highest BCUT2D eigenvalue weighted by Crippen LogP contribution is 2.20. The van der Waals surface area contributed by atoms with E-state index in [1.807, 2.05) is 29.8 Å². The fourth-order valence-electron chi connectivity index (χ4n) is 3.58. The van der Waals surface area contributed by atoms with Crippen molar-refractivity contribution in [3.8, 4) is 0 Å². The highest BCUT2D eigenvalue weighted by atomic mass is 35.5. The number of benzene rings is 1. The Morgan fingerprint density at radius 2 is 1.81 bits per heavy atom. The van der Waals surface area contributed by atoms with Crippen molar-refractivity contribution < 1.29 is 0 Å². The number of halogens is 1. The molecule has 7 nitrogen and oxygen atoms in total. The summed E-state index contributed by atoms with van der Waals surface area (Å²) in [5, 5.41) is 0.609. The molecule has 3 aromatic heterocycles. The third-order valence-corrected chi connectivity index (χ3v) is 5.09. The summed E-state index contributed by atoms with van der Waals surface area (Å²) >= 11 is 5.93. The van der Waals surface area contributed by atoms with E-state index in [0.717, 1.165) is 11.3 Å². The van der Waals surface area contributed by atoms with Crippen LogP contribution in [0, 0.1) is 6.92 Å². The molecule has 27 heavy (non-hydrogen) atoms. The number of nitrogens with zero attached hydrogens (tertiary/aromatic N) is 5. The molecule has 0 N–H and O–H groups in total. The fraction of sp³-hybridized carbons (Fsp3) is 0.316. The Morgan fingerprint density at radius 1 is 1.15 bits per heavy atom. The summed E-state index contributed by atoms with van der Waals surface area (Å²) in [4.78, 5) is 30.6. The van der Waals surface area contributed by atoms with Crippen LogP contribution in [0.1, 0.15) is 31.1 Å². The molecule has 0 spiro atoms. The van der Waals surface area contributed by atoms with Gasteiger partial charge in [0, 0.05) is 30.0 Å². The average molecular weight is 386 g/mol. The Balaban J connectivity index is 2.02. The summed E-state index contributed by atoms with van der Waals surface area (Å²) < 4.78 is 6.50. The molecule has 0 aliphatic rings. The van der Waals surface area contributed by atoms with Crippen LogP contribution in [0.15, 0.2) is 40.1 Å². The monoisotopic (exact) mass is 385 g/mol. The smallest absolute Gasteiger partial charge is 0.312 e. The summed E-state index contributed by atoms with van der Waals surface area (Å²) in [5.41, 5.74) is 1.89. The van der Waals surface area contributed by atoms with Crippen LogP contribution >= 0.6 is 11.6 Å². The van der Waals surface area contributed by atoms with Gasteiger partial charge >= 0.3 is 5.69 Å². The predicted octanol–water partition coefficient (Wildman–Crippen LogP) is 2.74. The number of rotatable bonds is 3. The second-order valence-electron chi connectivity index (χ2n) is 7.05. The first-order valence-corrected chi connectivity index (χ1v) is 9.11. The molecule has 140 valence electrons. The van der Waals surface area contributed by atoms with Gasteiger partial charge < -0.3 is 4.57 Å². The minimum Gasteiger partial charge on any atom is -0.312 e. The maximum atomic E-state index is 13.2. The van der Waals surface area contributed by atoms with E-state index in [0.29, 0.717) is 22.0 Å². The molecule has 0 atom stereocenters. The molecule has 0 fully saturated rings. The Bertz CT molecular complexity index is 1290. The van der Waals surface area contributed by atoms with Gasteiger partial charge in [-0.1, -0.05) is 23.7 Å². The predicted molar refractivity (Wildman–Crippen MR) is 106 cm³/mol. The van der Waals surface area contributed by atoms with Crippen LogP contribution in [0.25, 0.3) is 16.9 Å². The van der Waals surface area contributed by atoms with Crippen LogP contribution in [0.2, 0.25) is 5.02 Å². The van der Waals surface area contributed by atoms with Crippen LogP contribution in [0.5, 0.6) is 0 Å². The van der Waals surface area contributed by atoms with Gasteiger partial charge in [-0.15, -0.1) is 0 Å². The lowest BCUT2D eigenvalue weighted by molar-refractivity contribution is 0.601. The molecule has 4 rings (SSSR count). The van der Waals surface area contributed by atoms with Crippen LogP contribution in [0.4, 0.5) is 0 Å². The molecule has 8 heteroatoms. The molecule has 3 heterocycles. The number of hydrogen-bond acceptors (Lipinski definition) is 3. The van der Waals surface area contributed by atoms with Crippen molar-refractivity contribution in [2.45, 2.75) is 33.4 Å². The van der Waals surface area contributed by atoms with E-state index in [4.69, 9.17) is 11.6 Å². The topological polar surface area (TPSA) is 66.2 Å². The molecular weight excluding hydrogens is 366 g/mol. The summed E-state index contributed by atoms with van der Waals surface area (Å²) in [6.07, 6.45) is 1.89. The van der Waals surface area contributed by atoms with Crippen molar-refractivity contribution in [3.63, 3.8) is 0 Å². The number of hydrogen-bond donors (Lipinski definition) is 0. The summed E-state index contributed by atoms with van der Waals surface area (Å²) in [5.74, 6) is 0.661. The lowest BCUT2D eigenvalue weighted by Crippen LogP contribution is -2.39. The molecule has 1 aromatic carbocycles. The zero-order valence-corrected chi connectivity index (χ0v) is 16.4. The minimum atomic E-state index is -0.393. The van der Waals surface area contributed by atoms with E-state index in [1.54, 1.807) is 23.6 Å². The van der Waals surface area contributed by atoms with E-state index in [2.05, 4.69) is 18.8 Å². The van der Waals surface area contributed by atoms with Crippen LogP contribution in [-0.4, -0.2) is 23.1 Å². The molecule has 0 saturated heterocycles. The summed E-state index contributed by atoms with van der Waals surface area (Å²) in [7, 11) is 1.64. The zero-order valence-electron chi connectivity index (χ0n) is 15.6.